The summed E-state index contributed by atoms with van der Waals surface area (Å²) in [5.41, 5.74) is 0. The summed E-state index contributed by atoms with van der Waals surface area (Å²) < 4.78 is 2.89. The van der Waals surface area contributed by atoms with Gasteiger partial charge < -0.3 is 4.48 Å². The van der Waals surface area contributed by atoms with Crippen LogP contribution in [0.5, 0.6) is 0 Å². The number of rotatable bonds is 2. The van der Waals surface area contributed by atoms with Gasteiger partial charge in [-0.15, -0.1) is 0 Å². The fourth-order valence-electron chi connectivity index (χ4n) is 0.469. The van der Waals surface area contributed by atoms with Gasteiger partial charge in [0.2, 0.25) is 0 Å². The molecule has 2 heteroatoms. The lowest BCUT2D eigenvalue weighted by atomic mass is 10.5. The predicted molar refractivity (Wildman–Crippen MR) is 45.3 cm³/mol. The number of hydrogen-bond donors (Lipinski definition) is 0. The Morgan fingerprint density at radius 2 is 1.60 bits per heavy atom. The van der Waals surface area contributed by atoms with Crippen LogP contribution in [-0.2, 0) is 0 Å². The first kappa shape index (κ1) is 9.37. The highest BCUT2D eigenvalue weighted by molar-refractivity contribution is 5.65. The molecule has 0 fully saturated rings. The van der Waals surface area contributed by atoms with Crippen LogP contribution in [0.15, 0.2) is 12.3 Å². The molecule has 0 aromatic carbocycles. The Morgan fingerprint density at radius 1 is 1.10 bits per heavy atom. The summed E-state index contributed by atoms with van der Waals surface area (Å²) in [5.74, 6) is 0. The standard InChI is InChI=1S/C8H18N2/c1-9(2)7-6-8-10(3,4)5/h6-8H,1-5H3/q+2/b8-6+. The Bertz CT molecular complexity index is 145. The number of hydrogen-bond acceptors (Lipinski definition) is 0. The van der Waals surface area contributed by atoms with Crippen molar-refractivity contribution in [1.82, 2.24) is 0 Å². The van der Waals surface area contributed by atoms with Crippen LogP contribution in [0.3, 0.4) is 0 Å². The Labute approximate surface area is 63.7 Å². The number of allylic oxidation sites excluding steroid dienone is 1. The van der Waals surface area contributed by atoms with E-state index in [4.69, 9.17) is 0 Å². The Balaban J connectivity index is 3.90. The minimum atomic E-state index is 0.865. The maximum atomic E-state index is 2.12. The molecule has 0 radical (unpaired) electrons. The molecule has 0 rings (SSSR count). The largest absolute Gasteiger partial charge is 0.304 e. The minimum Gasteiger partial charge on any atom is -0.304 e. The van der Waals surface area contributed by atoms with Gasteiger partial charge in [-0.05, 0) is 0 Å². The van der Waals surface area contributed by atoms with E-state index in [0.717, 1.165) is 4.48 Å². The first-order valence-corrected chi connectivity index (χ1v) is 3.42. The van der Waals surface area contributed by atoms with Crippen LogP contribution in [0.1, 0.15) is 0 Å². The van der Waals surface area contributed by atoms with Crippen molar-refractivity contribution in [3.05, 3.63) is 12.3 Å². The Kier molecular flexibility index (Phi) is 3.30. The summed E-state index contributed by atoms with van der Waals surface area (Å²) in [7, 11) is 10.4. The Morgan fingerprint density at radius 3 is 1.90 bits per heavy atom. The smallest absolute Gasteiger partial charge is 0.168 e. The van der Waals surface area contributed by atoms with Crippen molar-refractivity contribution in [3.63, 3.8) is 0 Å². The van der Waals surface area contributed by atoms with Crippen LogP contribution in [0.2, 0.25) is 0 Å². The molecule has 0 spiro atoms. The third kappa shape index (κ3) is 7.37. The molecule has 58 valence electrons. The molecular formula is C8H18N2+2. The normalized spacial score (nSPS) is 12.1. The summed E-state index contributed by atoms with van der Waals surface area (Å²) in [5, 5.41) is 0. The average molecular weight is 142 g/mol. The van der Waals surface area contributed by atoms with Gasteiger partial charge in [-0.1, -0.05) is 0 Å². The van der Waals surface area contributed by atoms with Gasteiger partial charge in [0.1, 0.15) is 20.3 Å². The molecule has 10 heavy (non-hydrogen) atoms. The van der Waals surface area contributed by atoms with E-state index in [2.05, 4.69) is 33.4 Å². The van der Waals surface area contributed by atoms with Gasteiger partial charge in [-0.3, -0.25) is 0 Å². The molecule has 0 N–H and O–H groups in total. The highest BCUT2D eigenvalue weighted by Gasteiger charge is 1.97. The summed E-state index contributed by atoms with van der Waals surface area (Å²) in [6.07, 6.45) is 6.21. The zero-order valence-corrected chi connectivity index (χ0v) is 7.63. The molecule has 0 unspecified atom stereocenters. The summed E-state index contributed by atoms with van der Waals surface area (Å²) in [6, 6.07) is 0. The van der Waals surface area contributed by atoms with Crippen LogP contribution in [-0.4, -0.2) is 50.5 Å². The Hall–Kier alpha value is -0.630. The lowest BCUT2D eigenvalue weighted by molar-refractivity contribution is -0.817. The highest BCUT2D eigenvalue weighted by Crippen LogP contribution is 1.88. The molecule has 0 amide bonds. The zero-order chi connectivity index (χ0) is 8.20. The van der Waals surface area contributed by atoms with Gasteiger partial charge in [-0.25, -0.2) is 4.58 Å². The number of nitrogens with zero attached hydrogens (tertiary/aromatic N) is 2. The second-order valence-electron chi connectivity index (χ2n) is 3.57. The van der Waals surface area contributed by atoms with Gasteiger partial charge in [0.05, 0.1) is 27.2 Å². The van der Waals surface area contributed by atoms with E-state index in [-0.39, 0.29) is 0 Å². The van der Waals surface area contributed by atoms with Gasteiger partial charge in [-0.2, -0.15) is 0 Å². The van der Waals surface area contributed by atoms with E-state index in [0.29, 0.717) is 0 Å². The lowest BCUT2D eigenvalue weighted by Gasteiger charge is -2.16. The van der Waals surface area contributed by atoms with Crippen LogP contribution < -0.4 is 0 Å². The van der Waals surface area contributed by atoms with E-state index in [1.54, 1.807) is 0 Å². The predicted octanol–water partition coefficient (Wildman–Crippen LogP) is 0.549. The molecule has 0 atom stereocenters. The monoisotopic (exact) mass is 142 g/mol. The second-order valence-corrected chi connectivity index (χ2v) is 3.57. The second kappa shape index (κ2) is 3.52. The summed E-state index contributed by atoms with van der Waals surface area (Å²) >= 11 is 0. The van der Waals surface area contributed by atoms with Crippen molar-refractivity contribution >= 4 is 6.21 Å². The fraction of sp³-hybridized carbons (Fsp3) is 0.625. The first-order valence-electron chi connectivity index (χ1n) is 3.42. The van der Waals surface area contributed by atoms with E-state index in [1.165, 1.54) is 0 Å². The molecule has 0 aliphatic carbocycles. The summed E-state index contributed by atoms with van der Waals surface area (Å²) in [6.45, 7) is 0. The van der Waals surface area contributed by atoms with E-state index in [9.17, 15) is 0 Å². The van der Waals surface area contributed by atoms with Crippen molar-refractivity contribution in [2.45, 2.75) is 0 Å². The first-order chi connectivity index (χ1) is 4.42. The van der Waals surface area contributed by atoms with Gasteiger partial charge in [0, 0.05) is 0 Å². The lowest BCUT2D eigenvalue weighted by Crippen LogP contribution is -2.26. The molecule has 2 nitrogen and oxygen atoms in total. The van der Waals surface area contributed by atoms with Gasteiger partial charge in [0.25, 0.3) is 0 Å². The topological polar surface area (TPSA) is 3.01 Å². The van der Waals surface area contributed by atoms with Crippen molar-refractivity contribution < 1.29 is 9.06 Å². The number of quaternary nitrogens is 1. The van der Waals surface area contributed by atoms with Crippen molar-refractivity contribution in [1.29, 1.82) is 0 Å². The van der Waals surface area contributed by atoms with Crippen molar-refractivity contribution in [2.24, 2.45) is 0 Å². The molecule has 0 aliphatic heterocycles. The molecular weight excluding hydrogens is 124 g/mol. The van der Waals surface area contributed by atoms with Crippen molar-refractivity contribution in [2.75, 3.05) is 35.2 Å². The highest BCUT2D eigenvalue weighted by atomic mass is 15.3. The van der Waals surface area contributed by atoms with Gasteiger partial charge >= 0.3 is 0 Å². The van der Waals surface area contributed by atoms with E-state index in [1.807, 2.05) is 24.9 Å². The van der Waals surface area contributed by atoms with Crippen molar-refractivity contribution in [3.8, 4) is 0 Å². The van der Waals surface area contributed by atoms with Crippen LogP contribution in [0.25, 0.3) is 0 Å². The summed E-state index contributed by atoms with van der Waals surface area (Å²) in [4.78, 5) is 0. The molecule has 0 aromatic heterocycles. The van der Waals surface area contributed by atoms with Crippen LogP contribution in [0.4, 0.5) is 0 Å². The molecule has 0 aromatic rings. The zero-order valence-electron chi connectivity index (χ0n) is 7.63. The molecule has 0 saturated carbocycles. The maximum absolute atomic E-state index is 2.12. The molecule has 0 saturated heterocycles. The maximum Gasteiger partial charge on any atom is 0.168 e. The fourth-order valence-corrected chi connectivity index (χ4v) is 0.469. The third-order valence-electron chi connectivity index (χ3n) is 0.917. The molecule has 0 bridgehead atoms. The molecule has 0 heterocycles. The minimum absolute atomic E-state index is 0.865. The van der Waals surface area contributed by atoms with E-state index >= 15 is 0 Å². The van der Waals surface area contributed by atoms with Crippen LogP contribution >= 0.6 is 0 Å². The SMILES string of the molecule is C[N+](C)=C/C=C/[N+](C)(C)C. The quantitative estimate of drug-likeness (QED) is 0.301. The van der Waals surface area contributed by atoms with Crippen LogP contribution in [0, 0.1) is 0 Å². The van der Waals surface area contributed by atoms with E-state index < -0.39 is 0 Å². The molecule has 0 aliphatic rings. The van der Waals surface area contributed by atoms with Gasteiger partial charge in [0.15, 0.2) is 6.21 Å². The third-order valence-corrected chi connectivity index (χ3v) is 0.917. The average Bonchev–Trinajstić information content (AvgIpc) is 1.59.